The Hall–Kier alpha value is -1.89. The highest BCUT2D eigenvalue weighted by atomic mass is 32.1. The molecule has 0 saturated carbocycles. The Morgan fingerprint density at radius 1 is 1.15 bits per heavy atom. The highest BCUT2D eigenvalue weighted by Gasteiger charge is 2.20. The third kappa shape index (κ3) is 2.67. The molecule has 0 aliphatic carbocycles. The molecule has 1 aliphatic heterocycles. The van der Waals surface area contributed by atoms with Crippen LogP contribution in [0.15, 0.2) is 17.6 Å². The highest BCUT2D eigenvalue weighted by Crippen LogP contribution is 2.22. The molecule has 0 aromatic carbocycles. The second kappa shape index (κ2) is 5.62. The molecule has 0 amide bonds. The van der Waals surface area contributed by atoms with Gasteiger partial charge in [-0.25, -0.2) is 15.0 Å². The largest absolute Gasteiger partial charge is 0.373 e. The zero-order chi connectivity index (χ0) is 13.9. The lowest BCUT2D eigenvalue weighted by Gasteiger charge is -2.35. The minimum atomic E-state index is 0.800. The third-order valence-electron chi connectivity index (χ3n) is 3.37. The lowest BCUT2D eigenvalue weighted by molar-refractivity contribution is 0.644. The van der Waals surface area contributed by atoms with E-state index in [-0.39, 0.29) is 0 Å². The van der Waals surface area contributed by atoms with E-state index in [1.807, 2.05) is 31.6 Å². The predicted molar refractivity (Wildman–Crippen MR) is 82.9 cm³/mol. The summed E-state index contributed by atoms with van der Waals surface area (Å²) in [5, 5.41) is 6.21. The molecule has 1 N–H and O–H groups in total. The minimum absolute atomic E-state index is 0.800. The number of aryl methyl sites for hydroxylation is 1. The number of rotatable bonds is 3. The smallest absolute Gasteiger partial charge is 0.185 e. The zero-order valence-corrected chi connectivity index (χ0v) is 12.5. The predicted octanol–water partition coefficient (Wildman–Crippen LogP) is 1.61. The van der Waals surface area contributed by atoms with Crippen molar-refractivity contribution in [2.24, 2.45) is 0 Å². The number of aromatic nitrogens is 3. The molecular weight excluding hydrogens is 272 g/mol. The van der Waals surface area contributed by atoms with E-state index in [1.165, 1.54) is 0 Å². The summed E-state index contributed by atoms with van der Waals surface area (Å²) in [4.78, 5) is 17.9. The number of nitrogens with one attached hydrogen (secondary N) is 1. The first kappa shape index (κ1) is 13.1. The van der Waals surface area contributed by atoms with Gasteiger partial charge in [0.2, 0.25) is 0 Å². The van der Waals surface area contributed by atoms with Gasteiger partial charge in [-0.1, -0.05) is 0 Å². The maximum absolute atomic E-state index is 4.54. The van der Waals surface area contributed by atoms with Crippen molar-refractivity contribution in [3.8, 4) is 0 Å². The summed E-state index contributed by atoms with van der Waals surface area (Å²) in [5.41, 5.74) is 0. The number of piperazine rings is 1. The van der Waals surface area contributed by atoms with E-state index in [1.54, 1.807) is 11.3 Å². The Kier molecular flexibility index (Phi) is 3.68. The first-order valence-electron chi connectivity index (χ1n) is 6.69. The molecule has 0 radical (unpaired) electrons. The molecule has 0 spiro atoms. The molecule has 2 aromatic heterocycles. The van der Waals surface area contributed by atoms with E-state index in [4.69, 9.17) is 0 Å². The first-order valence-corrected chi connectivity index (χ1v) is 7.57. The van der Waals surface area contributed by atoms with Gasteiger partial charge in [-0.3, -0.25) is 0 Å². The van der Waals surface area contributed by atoms with Gasteiger partial charge < -0.3 is 15.1 Å². The summed E-state index contributed by atoms with van der Waals surface area (Å²) in [6, 6.07) is 2.01. The summed E-state index contributed by atoms with van der Waals surface area (Å²) >= 11 is 1.70. The van der Waals surface area contributed by atoms with Gasteiger partial charge in [-0.2, -0.15) is 0 Å². The van der Waals surface area contributed by atoms with Gasteiger partial charge in [0, 0.05) is 50.9 Å². The van der Waals surface area contributed by atoms with Crippen molar-refractivity contribution in [1.29, 1.82) is 0 Å². The van der Waals surface area contributed by atoms with E-state index in [9.17, 15) is 0 Å². The summed E-state index contributed by atoms with van der Waals surface area (Å²) in [6.45, 7) is 5.80. The quantitative estimate of drug-likeness (QED) is 0.927. The molecule has 20 heavy (non-hydrogen) atoms. The number of nitrogens with zero attached hydrogens (tertiary/aromatic N) is 5. The van der Waals surface area contributed by atoms with Crippen LogP contribution in [0.5, 0.6) is 0 Å². The molecule has 0 unspecified atom stereocenters. The fourth-order valence-corrected chi connectivity index (χ4v) is 3.04. The average Bonchev–Trinajstić information content (AvgIpc) is 3.01. The molecule has 1 fully saturated rings. The number of hydrogen-bond donors (Lipinski definition) is 1. The van der Waals surface area contributed by atoms with Crippen LogP contribution in [-0.2, 0) is 0 Å². The molecule has 2 aromatic rings. The fraction of sp³-hybridized carbons (Fsp3) is 0.462. The van der Waals surface area contributed by atoms with E-state index in [2.05, 4.69) is 30.1 Å². The highest BCUT2D eigenvalue weighted by molar-refractivity contribution is 7.13. The van der Waals surface area contributed by atoms with Crippen molar-refractivity contribution in [2.45, 2.75) is 6.92 Å². The molecule has 7 heteroatoms. The summed E-state index contributed by atoms with van der Waals surface area (Å²) in [7, 11) is 1.88. The second-order valence-corrected chi connectivity index (χ2v) is 5.57. The number of hydrogen-bond acceptors (Lipinski definition) is 7. The van der Waals surface area contributed by atoms with E-state index in [0.717, 1.165) is 48.8 Å². The topological polar surface area (TPSA) is 57.2 Å². The van der Waals surface area contributed by atoms with Gasteiger partial charge in [0.05, 0.1) is 0 Å². The van der Waals surface area contributed by atoms with Crippen molar-refractivity contribution in [3.63, 3.8) is 0 Å². The van der Waals surface area contributed by atoms with Crippen molar-refractivity contribution in [1.82, 2.24) is 15.0 Å². The van der Waals surface area contributed by atoms with Crippen LogP contribution in [0.1, 0.15) is 5.82 Å². The number of thiazole rings is 1. The normalized spacial score (nSPS) is 15.5. The van der Waals surface area contributed by atoms with Gasteiger partial charge in [-0.05, 0) is 6.92 Å². The van der Waals surface area contributed by atoms with E-state index < -0.39 is 0 Å². The van der Waals surface area contributed by atoms with Gasteiger partial charge >= 0.3 is 0 Å². The lowest BCUT2D eigenvalue weighted by atomic mass is 10.3. The summed E-state index contributed by atoms with van der Waals surface area (Å²) in [6.07, 6.45) is 1.86. The molecule has 1 aliphatic rings. The molecule has 0 atom stereocenters. The SMILES string of the molecule is CNc1cc(N2CCN(c3nccs3)CC2)nc(C)n1. The molecule has 6 nitrogen and oxygen atoms in total. The maximum Gasteiger partial charge on any atom is 0.185 e. The van der Waals surface area contributed by atoms with Gasteiger partial charge in [-0.15, -0.1) is 11.3 Å². The van der Waals surface area contributed by atoms with Crippen LogP contribution in [0.3, 0.4) is 0 Å². The van der Waals surface area contributed by atoms with Crippen LogP contribution in [-0.4, -0.2) is 48.2 Å². The van der Waals surface area contributed by atoms with E-state index in [0.29, 0.717) is 0 Å². The average molecular weight is 290 g/mol. The Morgan fingerprint density at radius 2 is 1.90 bits per heavy atom. The van der Waals surface area contributed by atoms with Crippen molar-refractivity contribution in [2.75, 3.05) is 48.3 Å². The Morgan fingerprint density at radius 3 is 2.55 bits per heavy atom. The number of anilines is 3. The van der Waals surface area contributed by atoms with Crippen LogP contribution in [0.2, 0.25) is 0 Å². The van der Waals surface area contributed by atoms with Crippen molar-refractivity contribution >= 4 is 28.1 Å². The molecule has 3 rings (SSSR count). The van der Waals surface area contributed by atoms with Crippen LogP contribution < -0.4 is 15.1 Å². The first-order chi connectivity index (χ1) is 9.76. The van der Waals surface area contributed by atoms with Gasteiger partial charge in [0.1, 0.15) is 17.5 Å². The van der Waals surface area contributed by atoms with Crippen molar-refractivity contribution in [3.05, 3.63) is 23.5 Å². The maximum atomic E-state index is 4.54. The molecule has 3 heterocycles. The Bertz CT molecular complexity index is 562. The van der Waals surface area contributed by atoms with Gasteiger partial charge in [0.15, 0.2) is 5.13 Å². The van der Waals surface area contributed by atoms with Crippen LogP contribution in [0.4, 0.5) is 16.8 Å². The van der Waals surface area contributed by atoms with E-state index >= 15 is 0 Å². The van der Waals surface area contributed by atoms with Crippen LogP contribution in [0, 0.1) is 6.92 Å². The van der Waals surface area contributed by atoms with Crippen molar-refractivity contribution < 1.29 is 0 Å². The standard InChI is InChI=1S/C13H18N6S/c1-10-16-11(14-2)9-12(17-10)18-4-6-19(7-5-18)13-15-3-8-20-13/h3,8-9H,4-7H2,1-2H3,(H,14,16,17). The minimum Gasteiger partial charge on any atom is -0.373 e. The Labute approximate surface area is 122 Å². The third-order valence-corrected chi connectivity index (χ3v) is 4.21. The second-order valence-electron chi connectivity index (χ2n) is 4.70. The molecule has 0 bridgehead atoms. The molecular formula is C13H18N6S. The lowest BCUT2D eigenvalue weighted by Crippen LogP contribution is -2.46. The fourth-order valence-electron chi connectivity index (χ4n) is 2.34. The monoisotopic (exact) mass is 290 g/mol. The summed E-state index contributed by atoms with van der Waals surface area (Å²) < 4.78 is 0. The zero-order valence-electron chi connectivity index (χ0n) is 11.7. The van der Waals surface area contributed by atoms with Crippen LogP contribution >= 0.6 is 11.3 Å². The molecule has 106 valence electrons. The molecule has 1 saturated heterocycles. The van der Waals surface area contributed by atoms with Crippen LogP contribution in [0.25, 0.3) is 0 Å². The Balaban J connectivity index is 1.70. The van der Waals surface area contributed by atoms with Gasteiger partial charge in [0.25, 0.3) is 0 Å². The summed E-state index contributed by atoms with van der Waals surface area (Å²) in [5.74, 6) is 2.67.